The van der Waals surface area contributed by atoms with Crippen molar-refractivity contribution in [2.75, 3.05) is 6.54 Å². The highest BCUT2D eigenvalue weighted by molar-refractivity contribution is 7.89. The summed E-state index contributed by atoms with van der Waals surface area (Å²) in [4.78, 5) is 18.1. The molecule has 0 spiro atoms. The lowest BCUT2D eigenvalue weighted by Gasteiger charge is -2.29. The van der Waals surface area contributed by atoms with Crippen molar-refractivity contribution in [1.29, 1.82) is 0 Å². The van der Waals surface area contributed by atoms with Gasteiger partial charge in [0.1, 0.15) is 0 Å². The second-order valence-corrected chi connectivity index (χ2v) is 6.75. The van der Waals surface area contributed by atoms with Crippen molar-refractivity contribution in [3.8, 4) is 0 Å². The number of carbonyl (C=O) groups excluding carboxylic acids is 1. The number of hydrogen-bond acceptors (Lipinski definition) is 4. The summed E-state index contributed by atoms with van der Waals surface area (Å²) in [5.74, 6) is -0.0888. The molecule has 0 saturated heterocycles. The standard InChI is InChI=1S/C15H15N3O3S/c16-22(20,21)14-2-1-11-5-8-18(10-13(11)9-14)15(19)12-3-6-17-7-4-12/h1-4,6-7,9H,5,8,10H2,(H2,16,20,21). The minimum Gasteiger partial charge on any atom is -0.334 e. The Morgan fingerprint density at radius 1 is 1.14 bits per heavy atom. The molecule has 1 aromatic heterocycles. The van der Waals surface area contributed by atoms with Crippen molar-refractivity contribution in [3.63, 3.8) is 0 Å². The van der Waals surface area contributed by atoms with E-state index in [1.165, 1.54) is 6.07 Å². The Kier molecular flexibility index (Phi) is 3.67. The number of nitrogens with zero attached hydrogens (tertiary/aromatic N) is 2. The van der Waals surface area contributed by atoms with Crippen molar-refractivity contribution < 1.29 is 13.2 Å². The molecule has 7 heteroatoms. The minimum absolute atomic E-state index is 0.0736. The molecule has 0 atom stereocenters. The van der Waals surface area contributed by atoms with E-state index in [0.717, 1.165) is 11.1 Å². The molecule has 114 valence electrons. The quantitative estimate of drug-likeness (QED) is 0.891. The van der Waals surface area contributed by atoms with Crippen molar-refractivity contribution in [2.24, 2.45) is 5.14 Å². The van der Waals surface area contributed by atoms with Gasteiger partial charge in [-0.25, -0.2) is 13.6 Å². The fraction of sp³-hybridized carbons (Fsp3) is 0.200. The number of rotatable bonds is 2. The summed E-state index contributed by atoms with van der Waals surface area (Å²) in [7, 11) is -3.74. The second kappa shape index (κ2) is 5.51. The SMILES string of the molecule is NS(=O)(=O)c1ccc2c(c1)CN(C(=O)c1ccncc1)CC2. The fourth-order valence-corrected chi connectivity index (χ4v) is 3.13. The van der Waals surface area contributed by atoms with E-state index in [1.54, 1.807) is 41.6 Å². The van der Waals surface area contributed by atoms with Crippen molar-refractivity contribution in [2.45, 2.75) is 17.9 Å². The summed E-state index contributed by atoms with van der Waals surface area (Å²) in [5.41, 5.74) is 2.44. The first-order valence-corrected chi connectivity index (χ1v) is 8.34. The fourth-order valence-electron chi connectivity index (χ4n) is 2.56. The van der Waals surface area contributed by atoms with Crippen molar-refractivity contribution in [1.82, 2.24) is 9.88 Å². The monoisotopic (exact) mass is 317 g/mol. The third-order valence-corrected chi connectivity index (χ3v) is 4.64. The molecule has 0 radical (unpaired) electrons. The van der Waals surface area contributed by atoms with Crippen LogP contribution in [0.5, 0.6) is 0 Å². The molecule has 0 fully saturated rings. The van der Waals surface area contributed by atoms with Crippen LogP contribution in [0, 0.1) is 0 Å². The predicted molar refractivity (Wildman–Crippen MR) is 80.5 cm³/mol. The number of primary sulfonamides is 1. The van der Waals surface area contributed by atoms with E-state index in [-0.39, 0.29) is 10.8 Å². The summed E-state index contributed by atoms with van der Waals surface area (Å²) >= 11 is 0. The average Bonchev–Trinajstić information content (AvgIpc) is 2.53. The first-order valence-electron chi connectivity index (χ1n) is 6.79. The number of pyridine rings is 1. The number of sulfonamides is 1. The van der Waals surface area contributed by atoms with Crippen LogP contribution in [-0.4, -0.2) is 30.8 Å². The lowest BCUT2D eigenvalue weighted by Crippen LogP contribution is -2.36. The molecule has 0 aliphatic carbocycles. The van der Waals surface area contributed by atoms with Gasteiger partial charge in [-0.1, -0.05) is 6.07 Å². The Balaban J connectivity index is 1.88. The summed E-state index contributed by atoms with van der Waals surface area (Å²) in [5, 5.41) is 5.16. The van der Waals surface area contributed by atoms with Gasteiger partial charge in [-0.05, 0) is 41.8 Å². The molecule has 2 N–H and O–H groups in total. The van der Waals surface area contributed by atoms with E-state index in [4.69, 9.17) is 5.14 Å². The van der Waals surface area contributed by atoms with Gasteiger partial charge in [-0.2, -0.15) is 0 Å². The molecular formula is C15H15N3O3S. The second-order valence-electron chi connectivity index (χ2n) is 5.19. The van der Waals surface area contributed by atoms with Crippen molar-refractivity contribution in [3.05, 3.63) is 59.4 Å². The topological polar surface area (TPSA) is 93.4 Å². The first-order chi connectivity index (χ1) is 10.4. The maximum Gasteiger partial charge on any atom is 0.254 e. The van der Waals surface area contributed by atoms with Gasteiger partial charge in [0, 0.05) is 31.0 Å². The molecule has 6 nitrogen and oxygen atoms in total. The molecule has 1 aromatic carbocycles. The van der Waals surface area contributed by atoms with Gasteiger partial charge >= 0.3 is 0 Å². The maximum atomic E-state index is 12.4. The average molecular weight is 317 g/mol. The minimum atomic E-state index is -3.74. The maximum absolute atomic E-state index is 12.4. The summed E-state index contributed by atoms with van der Waals surface area (Å²) in [6.07, 6.45) is 3.84. The van der Waals surface area contributed by atoms with Crippen LogP contribution in [0.25, 0.3) is 0 Å². The van der Waals surface area contributed by atoms with E-state index < -0.39 is 10.0 Å². The largest absolute Gasteiger partial charge is 0.334 e. The molecule has 2 aromatic rings. The first kappa shape index (κ1) is 14.7. The van der Waals surface area contributed by atoms with Crippen LogP contribution in [0.15, 0.2) is 47.6 Å². The number of aromatic nitrogens is 1. The number of hydrogen-bond donors (Lipinski definition) is 1. The van der Waals surface area contributed by atoms with E-state index >= 15 is 0 Å². The van der Waals surface area contributed by atoms with Crippen LogP contribution in [0.2, 0.25) is 0 Å². The third kappa shape index (κ3) is 2.86. The van der Waals surface area contributed by atoms with E-state index in [2.05, 4.69) is 4.98 Å². The summed E-state index contributed by atoms with van der Waals surface area (Å²) in [6.45, 7) is 0.975. The highest BCUT2D eigenvalue weighted by atomic mass is 32.2. The molecule has 0 saturated carbocycles. The third-order valence-electron chi connectivity index (χ3n) is 3.73. The van der Waals surface area contributed by atoms with Gasteiger partial charge in [0.15, 0.2) is 0 Å². The van der Waals surface area contributed by atoms with Crippen LogP contribution in [0.3, 0.4) is 0 Å². The number of fused-ring (bicyclic) bond motifs is 1. The molecule has 1 aliphatic rings. The molecule has 1 amide bonds. The smallest absolute Gasteiger partial charge is 0.254 e. The van der Waals surface area contributed by atoms with E-state index in [9.17, 15) is 13.2 Å². The predicted octanol–water partition coefficient (Wildman–Crippen LogP) is 0.927. The lowest BCUT2D eigenvalue weighted by molar-refractivity contribution is 0.0734. The van der Waals surface area contributed by atoms with Gasteiger partial charge in [0.25, 0.3) is 5.91 Å². The number of nitrogens with two attached hydrogens (primary N) is 1. The van der Waals surface area contributed by atoms with Crippen LogP contribution in [-0.2, 0) is 23.0 Å². The van der Waals surface area contributed by atoms with Gasteiger partial charge in [0.05, 0.1) is 4.90 Å². The number of carbonyl (C=O) groups is 1. The Hall–Kier alpha value is -2.25. The van der Waals surface area contributed by atoms with E-state index in [1.807, 2.05) is 0 Å². The Bertz CT molecular complexity index is 819. The lowest BCUT2D eigenvalue weighted by atomic mass is 9.99. The summed E-state index contributed by atoms with van der Waals surface area (Å²) < 4.78 is 22.9. The zero-order valence-corrected chi connectivity index (χ0v) is 12.6. The van der Waals surface area contributed by atoms with Crippen molar-refractivity contribution >= 4 is 15.9 Å². The van der Waals surface area contributed by atoms with Crippen LogP contribution in [0.1, 0.15) is 21.5 Å². The number of amides is 1. The Labute approximate surface area is 128 Å². The number of benzene rings is 1. The molecule has 1 aliphatic heterocycles. The Morgan fingerprint density at radius 2 is 1.86 bits per heavy atom. The highest BCUT2D eigenvalue weighted by Crippen LogP contribution is 2.23. The zero-order chi connectivity index (χ0) is 15.7. The highest BCUT2D eigenvalue weighted by Gasteiger charge is 2.23. The van der Waals surface area contributed by atoms with Gasteiger partial charge in [-0.3, -0.25) is 9.78 Å². The van der Waals surface area contributed by atoms with E-state index in [0.29, 0.717) is 25.1 Å². The summed E-state index contributed by atoms with van der Waals surface area (Å²) in [6, 6.07) is 8.16. The molecule has 22 heavy (non-hydrogen) atoms. The Morgan fingerprint density at radius 3 is 2.55 bits per heavy atom. The van der Waals surface area contributed by atoms with Gasteiger partial charge in [0.2, 0.25) is 10.0 Å². The molecular weight excluding hydrogens is 302 g/mol. The molecule has 3 rings (SSSR count). The normalized spacial score (nSPS) is 14.5. The van der Waals surface area contributed by atoms with Crippen LogP contribution >= 0.6 is 0 Å². The van der Waals surface area contributed by atoms with Gasteiger partial charge in [-0.15, -0.1) is 0 Å². The van der Waals surface area contributed by atoms with Crippen LogP contribution in [0.4, 0.5) is 0 Å². The van der Waals surface area contributed by atoms with Gasteiger partial charge < -0.3 is 4.90 Å². The molecule has 2 heterocycles. The van der Waals surface area contributed by atoms with Crippen LogP contribution < -0.4 is 5.14 Å². The zero-order valence-electron chi connectivity index (χ0n) is 11.8. The molecule has 0 unspecified atom stereocenters. The molecule has 0 bridgehead atoms.